The first-order chi connectivity index (χ1) is 15.4. The topological polar surface area (TPSA) is 92.9 Å². The van der Waals surface area contributed by atoms with Crippen LogP contribution in [0.15, 0.2) is 35.4 Å². The first-order valence-electron chi connectivity index (χ1n) is 10.5. The number of nitrogens with one attached hydrogen (secondary N) is 1. The number of carbonyl (C=O) groups is 2. The van der Waals surface area contributed by atoms with Gasteiger partial charge in [0.1, 0.15) is 10.8 Å². The number of aryl methyl sites for hydroxylation is 2. The van der Waals surface area contributed by atoms with Crippen molar-refractivity contribution in [1.82, 2.24) is 9.99 Å². The first kappa shape index (κ1) is 21.8. The van der Waals surface area contributed by atoms with Crippen LogP contribution in [0.25, 0.3) is 5.00 Å². The van der Waals surface area contributed by atoms with Crippen LogP contribution < -0.4 is 10.2 Å². The number of aromatic carboxylic acids is 1. The number of carboxylic acid groups (broad SMARTS) is 1. The molecule has 0 unspecified atom stereocenters. The van der Waals surface area contributed by atoms with Gasteiger partial charge in [-0.05, 0) is 63.3 Å². The van der Waals surface area contributed by atoms with E-state index in [-0.39, 0.29) is 5.91 Å². The highest BCUT2D eigenvalue weighted by Crippen LogP contribution is 2.38. The van der Waals surface area contributed by atoms with Crippen LogP contribution in [0.3, 0.4) is 0 Å². The fourth-order valence-corrected chi connectivity index (χ4v) is 5.71. The summed E-state index contributed by atoms with van der Waals surface area (Å²) in [5, 5.41) is 14.8. The number of ether oxygens (including phenoxy) is 1. The molecule has 166 valence electrons. The van der Waals surface area contributed by atoms with E-state index in [9.17, 15) is 14.7 Å². The average Bonchev–Trinajstić information content (AvgIpc) is 3.30. The van der Waals surface area contributed by atoms with Crippen molar-refractivity contribution in [3.63, 3.8) is 0 Å². The minimum absolute atomic E-state index is 0.369. The standard InChI is InChI=1S/C24H25N3O4S/c1-14-12-16(13-25-26-22(28)17-8-4-6-10-19(17)31-3)15(2)27(14)23-21(24(29)30)18-9-5-7-11-20(18)32-23/h4,6,8,10,12-13H,5,7,9,11H2,1-3H3,(H,26,28)(H,29,30). The minimum Gasteiger partial charge on any atom is -0.496 e. The summed E-state index contributed by atoms with van der Waals surface area (Å²) in [5.74, 6) is -0.779. The number of thiophene rings is 1. The molecule has 1 aromatic carbocycles. The van der Waals surface area contributed by atoms with Crippen molar-refractivity contribution in [1.29, 1.82) is 0 Å². The van der Waals surface area contributed by atoms with Crippen molar-refractivity contribution in [3.8, 4) is 10.8 Å². The Hall–Kier alpha value is -3.39. The number of nitrogens with zero attached hydrogens (tertiary/aromatic N) is 2. The molecule has 0 aliphatic heterocycles. The maximum Gasteiger partial charge on any atom is 0.339 e. The van der Waals surface area contributed by atoms with Crippen molar-refractivity contribution < 1.29 is 19.4 Å². The molecular weight excluding hydrogens is 426 g/mol. The van der Waals surface area contributed by atoms with E-state index in [4.69, 9.17) is 4.74 Å². The molecule has 2 heterocycles. The van der Waals surface area contributed by atoms with Crippen molar-refractivity contribution in [2.24, 2.45) is 5.10 Å². The van der Waals surface area contributed by atoms with Gasteiger partial charge >= 0.3 is 5.97 Å². The van der Waals surface area contributed by atoms with Crippen LogP contribution in [-0.2, 0) is 12.8 Å². The van der Waals surface area contributed by atoms with Crippen LogP contribution in [0.2, 0.25) is 0 Å². The number of rotatable bonds is 6. The molecule has 0 radical (unpaired) electrons. The van der Waals surface area contributed by atoms with Crippen LogP contribution in [0, 0.1) is 13.8 Å². The van der Waals surface area contributed by atoms with E-state index in [1.165, 1.54) is 12.0 Å². The van der Waals surface area contributed by atoms with Gasteiger partial charge in [-0.2, -0.15) is 5.10 Å². The highest BCUT2D eigenvalue weighted by molar-refractivity contribution is 7.15. The maximum absolute atomic E-state index is 12.5. The molecule has 0 bridgehead atoms. The number of hydrogen-bond donors (Lipinski definition) is 2. The van der Waals surface area contributed by atoms with Crippen LogP contribution in [0.1, 0.15) is 60.9 Å². The van der Waals surface area contributed by atoms with Gasteiger partial charge in [0.05, 0.1) is 24.5 Å². The quantitative estimate of drug-likeness (QED) is 0.426. The molecule has 4 rings (SSSR count). The molecule has 7 nitrogen and oxygen atoms in total. The van der Waals surface area contributed by atoms with E-state index in [1.54, 1.807) is 41.8 Å². The van der Waals surface area contributed by atoms with E-state index in [2.05, 4.69) is 10.5 Å². The minimum atomic E-state index is -0.883. The molecule has 3 aromatic rings. The number of hydrogen-bond acceptors (Lipinski definition) is 5. The summed E-state index contributed by atoms with van der Waals surface area (Å²) in [5.41, 5.74) is 6.93. The Bertz CT molecular complexity index is 1220. The number of para-hydroxylation sites is 1. The van der Waals surface area contributed by atoms with E-state index in [1.807, 2.05) is 24.5 Å². The zero-order valence-corrected chi connectivity index (χ0v) is 19.1. The number of carboxylic acids is 1. The number of aromatic nitrogens is 1. The maximum atomic E-state index is 12.5. The normalized spacial score (nSPS) is 13.2. The third-order valence-corrected chi connectivity index (χ3v) is 7.04. The summed E-state index contributed by atoms with van der Waals surface area (Å²) in [6.45, 7) is 3.88. The molecule has 2 aromatic heterocycles. The molecule has 1 aliphatic rings. The van der Waals surface area contributed by atoms with Crippen LogP contribution >= 0.6 is 11.3 Å². The van der Waals surface area contributed by atoms with Crippen LogP contribution in [0.5, 0.6) is 5.75 Å². The summed E-state index contributed by atoms with van der Waals surface area (Å²) in [6, 6.07) is 8.88. The first-order valence-corrected chi connectivity index (χ1v) is 11.3. The molecule has 0 atom stereocenters. The molecule has 32 heavy (non-hydrogen) atoms. The zero-order valence-electron chi connectivity index (χ0n) is 18.3. The lowest BCUT2D eigenvalue weighted by atomic mass is 9.95. The van der Waals surface area contributed by atoms with Gasteiger partial charge in [0.25, 0.3) is 5.91 Å². The third kappa shape index (κ3) is 3.93. The van der Waals surface area contributed by atoms with Crippen LogP contribution in [0.4, 0.5) is 0 Å². The highest BCUT2D eigenvalue weighted by atomic mass is 32.1. The monoisotopic (exact) mass is 451 g/mol. The van der Waals surface area contributed by atoms with Gasteiger partial charge in [-0.25, -0.2) is 10.2 Å². The summed E-state index contributed by atoms with van der Waals surface area (Å²) in [7, 11) is 1.51. The lowest BCUT2D eigenvalue weighted by molar-refractivity contribution is 0.0695. The van der Waals surface area contributed by atoms with Gasteiger partial charge < -0.3 is 14.4 Å². The van der Waals surface area contributed by atoms with E-state index in [0.717, 1.165) is 53.2 Å². The second-order valence-corrected chi connectivity index (χ2v) is 8.84. The number of hydrazone groups is 1. The third-order valence-electron chi connectivity index (χ3n) is 5.76. The predicted octanol–water partition coefficient (Wildman–Crippen LogP) is 4.51. The molecular formula is C24H25N3O4S. The van der Waals surface area contributed by atoms with Crippen LogP contribution in [-0.4, -0.2) is 34.9 Å². The number of benzene rings is 1. The Morgan fingerprint density at radius 1 is 1.22 bits per heavy atom. The molecule has 0 fully saturated rings. The Balaban J connectivity index is 1.63. The fourth-order valence-electron chi connectivity index (χ4n) is 4.21. The van der Waals surface area contributed by atoms with E-state index < -0.39 is 5.97 Å². The fraction of sp³-hybridized carbons (Fsp3) is 0.292. The Morgan fingerprint density at radius 3 is 2.72 bits per heavy atom. The second-order valence-electron chi connectivity index (χ2n) is 7.76. The van der Waals surface area contributed by atoms with Crippen molar-refractivity contribution in [2.45, 2.75) is 39.5 Å². The number of fused-ring (bicyclic) bond motifs is 1. The largest absolute Gasteiger partial charge is 0.496 e. The van der Waals surface area contributed by atoms with Crippen molar-refractivity contribution in [3.05, 3.63) is 68.9 Å². The summed E-state index contributed by atoms with van der Waals surface area (Å²) < 4.78 is 7.20. The summed E-state index contributed by atoms with van der Waals surface area (Å²) >= 11 is 1.57. The Kier molecular flexibility index (Phi) is 6.14. The van der Waals surface area contributed by atoms with E-state index >= 15 is 0 Å². The molecule has 0 saturated carbocycles. The molecule has 8 heteroatoms. The lowest BCUT2D eigenvalue weighted by Crippen LogP contribution is -2.18. The second kappa shape index (κ2) is 9.00. The Morgan fingerprint density at radius 2 is 1.97 bits per heavy atom. The summed E-state index contributed by atoms with van der Waals surface area (Å²) in [6.07, 6.45) is 5.45. The summed E-state index contributed by atoms with van der Waals surface area (Å²) in [4.78, 5) is 25.7. The van der Waals surface area contributed by atoms with Crippen molar-refractivity contribution in [2.75, 3.05) is 7.11 Å². The molecule has 1 amide bonds. The van der Waals surface area contributed by atoms with Gasteiger partial charge in [-0.1, -0.05) is 12.1 Å². The smallest absolute Gasteiger partial charge is 0.339 e. The van der Waals surface area contributed by atoms with E-state index in [0.29, 0.717) is 16.9 Å². The molecule has 0 spiro atoms. The molecule has 0 saturated heterocycles. The zero-order chi connectivity index (χ0) is 22.8. The van der Waals surface area contributed by atoms with Gasteiger partial charge in [0.15, 0.2) is 0 Å². The number of amides is 1. The van der Waals surface area contributed by atoms with Gasteiger partial charge in [-0.15, -0.1) is 11.3 Å². The lowest BCUT2D eigenvalue weighted by Gasteiger charge is -2.11. The Labute approximate surface area is 190 Å². The van der Waals surface area contributed by atoms with Gasteiger partial charge in [-0.3, -0.25) is 4.79 Å². The average molecular weight is 452 g/mol. The molecule has 2 N–H and O–H groups in total. The number of carbonyl (C=O) groups excluding carboxylic acids is 1. The number of methoxy groups -OCH3 is 1. The molecule has 1 aliphatic carbocycles. The highest BCUT2D eigenvalue weighted by Gasteiger charge is 2.27. The van der Waals surface area contributed by atoms with Gasteiger partial charge in [0, 0.05) is 21.8 Å². The SMILES string of the molecule is COc1ccccc1C(=O)NN=Cc1cc(C)n(-c2sc3c(c2C(=O)O)CCCC3)c1C. The van der Waals surface area contributed by atoms with Gasteiger partial charge in [0.2, 0.25) is 0 Å². The predicted molar refractivity (Wildman–Crippen MR) is 125 cm³/mol. The van der Waals surface area contributed by atoms with Crippen molar-refractivity contribution >= 4 is 29.4 Å².